The third-order valence-corrected chi connectivity index (χ3v) is 15.1. The molecule has 3 N–H and O–H groups in total. The van der Waals surface area contributed by atoms with Crippen LogP contribution < -0.4 is 14.8 Å². The zero-order valence-corrected chi connectivity index (χ0v) is 40.4. The predicted molar refractivity (Wildman–Crippen MR) is 270 cm³/mol. The zero-order valence-electron chi connectivity index (χ0n) is 38.8. The van der Waals surface area contributed by atoms with Crippen LogP contribution in [0.3, 0.4) is 0 Å². The lowest BCUT2D eigenvalue weighted by molar-refractivity contribution is -0.384. The summed E-state index contributed by atoms with van der Waals surface area (Å²) in [4.78, 5) is 43.6. The summed E-state index contributed by atoms with van der Waals surface area (Å²) in [6, 6.07) is 35.7. The molecule has 1 atom stereocenters. The van der Waals surface area contributed by atoms with Gasteiger partial charge in [-0.05, 0) is 111 Å². The maximum atomic E-state index is 13.8. The molecule has 0 radical (unpaired) electrons. The van der Waals surface area contributed by atoms with E-state index < -0.39 is 37.4 Å². The summed E-state index contributed by atoms with van der Waals surface area (Å²) in [6.45, 7) is 11.7. The summed E-state index contributed by atoms with van der Waals surface area (Å²) >= 11 is 1.64. The van der Waals surface area contributed by atoms with Crippen LogP contribution in [0.4, 0.5) is 11.4 Å². The molecule has 5 aromatic carbocycles. The monoisotopic (exact) mass is 969 g/mol. The molecule has 358 valence electrons. The van der Waals surface area contributed by atoms with Gasteiger partial charge in [-0.1, -0.05) is 67.6 Å². The molecule has 0 unspecified atom stereocenters. The van der Waals surface area contributed by atoms with Crippen molar-refractivity contribution in [2.24, 2.45) is 0 Å². The lowest BCUT2D eigenvalue weighted by Gasteiger charge is -2.34. The van der Waals surface area contributed by atoms with Crippen LogP contribution >= 0.6 is 11.8 Å². The molecule has 0 spiro atoms. The van der Waals surface area contributed by atoms with Gasteiger partial charge in [0.15, 0.2) is 5.69 Å². The Labute approximate surface area is 405 Å². The molecule has 2 aromatic heterocycles. The number of carboxylic acids is 1. The van der Waals surface area contributed by atoms with E-state index >= 15 is 0 Å². The van der Waals surface area contributed by atoms with Crippen LogP contribution in [0.5, 0.6) is 5.75 Å². The van der Waals surface area contributed by atoms with Crippen molar-refractivity contribution in [2.75, 3.05) is 56.9 Å². The number of aryl methyl sites for hydroxylation is 3. The third kappa shape index (κ3) is 11.4. The summed E-state index contributed by atoms with van der Waals surface area (Å²) in [6.07, 6.45) is 1.63. The van der Waals surface area contributed by atoms with Crippen LogP contribution in [0.25, 0.3) is 27.5 Å². The van der Waals surface area contributed by atoms with E-state index in [1.54, 1.807) is 42.3 Å². The number of hydrogen-bond donors (Lipinski definition) is 3. The summed E-state index contributed by atoms with van der Waals surface area (Å²) in [5.41, 5.74) is 3.38. The van der Waals surface area contributed by atoms with E-state index in [2.05, 4.69) is 31.9 Å². The number of nitrogens with zero attached hydrogens (tertiary/aromatic N) is 5. The molecule has 1 saturated heterocycles. The lowest BCUT2D eigenvalue weighted by atomic mass is 9.96. The number of anilines is 1. The molecule has 15 nitrogen and oxygen atoms in total. The molecule has 1 fully saturated rings. The number of fused-ring (bicyclic) bond motifs is 2. The van der Waals surface area contributed by atoms with Crippen molar-refractivity contribution < 1.29 is 32.8 Å². The standard InChI is InChI=1S/C52H55N7O8S2/c1-4-56-26-28-57(29-27-56)25-24-39(34-68-40-15-6-5-7-16-40)53-44-23-22-41(33-47(44)59(63)64)69(65,66)55-51(60)38-31-35(2)49(36(3)32-38)46-20-11-19-45-43(50(52(61)62)54-58(45)46)18-12-30-67-48-21-10-14-37-13-8-9-17-42(37)48/h5-11,13-17,19-23,31-33,39,53H,4,12,18,24-30,34H2,1-3H3,(H,55,60)(H,61,62)/t39-/m1/s1. The van der Waals surface area contributed by atoms with Crippen LogP contribution in [0.15, 0.2) is 131 Å². The van der Waals surface area contributed by atoms with Crippen molar-refractivity contribution in [3.05, 3.63) is 159 Å². The number of ether oxygens (including phenoxy) is 1. The number of sulfonamides is 1. The van der Waals surface area contributed by atoms with Crippen LogP contribution in [-0.2, 0) is 16.4 Å². The van der Waals surface area contributed by atoms with Crippen molar-refractivity contribution in [3.63, 3.8) is 0 Å². The number of rotatable bonds is 20. The van der Waals surface area contributed by atoms with E-state index in [4.69, 9.17) is 4.74 Å². The largest absolute Gasteiger partial charge is 0.493 e. The van der Waals surface area contributed by atoms with Crippen molar-refractivity contribution >= 4 is 61.3 Å². The van der Waals surface area contributed by atoms with E-state index in [0.29, 0.717) is 65.1 Å². The zero-order chi connectivity index (χ0) is 48.7. The molecule has 3 heterocycles. The van der Waals surface area contributed by atoms with Gasteiger partial charge in [-0.15, -0.1) is 11.8 Å². The van der Waals surface area contributed by atoms with Crippen molar-refractivity contribution in [2.45, 2.75) is 55.9 Å². The topological polar surface area (TPSA) is 189 Å². The van der Waals surface area contributed by atoms with E-state index in [0.717, 1.165) is 66.8 Å². The molecule has 1 aliphatic heterocycles. The maximum Gasteiger partial charge on any atom is 0.356 e. The van der Waals surface area contributed by atoms with Gasteiger partial charge in [-0.25, -0.2) is 22.4 Å². The van der Waals surface area contributed by atoms with Crippen molar-refractivity contribution in [3.8, 4) is 17.0 Å². The predicted octanol–water partition coefficient (Wildman–Crippen LogP) is 9.11. The minimum absolute atomic E-state index is 0.0470. The number of carboxylic acid groups (broad SMARTS) is 1. The number of nitrogens with one attached hydrogen (secondary N) is 2. The summed E-state index contributed by atoms with van der Waals surface area (Å²) < 4.78 is 37.4. The summed E-state index contributed by atoms with van der Waals surface area (Å²) in [5, 5.41) is 32.7. The highest BCUT2D eigenvalue weighted by molar-refractivity contribution is 7.99. The Hall–Kier alpha value is -6.79. The smallest absolute Gasteiger partial charge is 0.356 e. The number of hydrogen-bond acceptors (Lipinski definition) is 12. The molecule has 0 aliphatic carbocycles. The highest BCUT2D eigenvalue weighted by Gasteiger charge is 2.27. The molecule has 8 rings (SSSR count). The minimum Gasteiger partial charge on any atom is -0.493 e. The first-order chi connectivity index (χ1) is 33.3. The average molecular weight is 970 g/mol. The third-order valence-electron chi connectivity index (χ3n) is 12.6. The number of aromatic carboxylic acids is 1. The number of carbonyl (C=O) groups excluding carboxylic acids is 1. The molecule has 69 heavy (non-hydrogen) atoms. The number of piperazine rings is 1. The second-order valence-electron chi connectivity index (χ2n) is 17.2. The SMILES string of the molecule is CCN1CCN(CC[C@H](CSc2ccccc2)Nc2ccc(S(=O)(=O)NC(=O)c3cc(C)c(-c4cccc5c(CCCOc6cccc7ccccc67)c(C(=O)O)nn45)c(C)c3)cc2[N+](=O)[O-])CC1. The second kappa shape index (κ2) is 21.7. The van der Waals surface area contributed by atoms with Crippen LogP contribution in [0.1, 0.15) is 57.3 Å². The van der Waals surface area contributed by atoms with E-state index in [1.165, 1.54) is 12.1 Å². The Morgan fingerprint density at radius 2 is 1.58 bits per heavy atom. The Bertz CT molecular complexity index is 3090. The second-order valence-corrected chi connectivity index (χ2v) is 19.9. The fraction of sp³-hybridized carbons (Fsp3) is 0.288. The minimum atomic E-state index is -4.57. The quantitative estimate of drug-likeness (QED) is 0.0284. The number of carbonyl (C=O) groups is 2. The van der Waals surface area contributed by atoms with E-state index in [9.17, 15) is 33.2 Å². The molecular weight excluding hydrogens is 915 g/mol. The van der Waals surface area contributed by atoms with Gasteiger partial charge in [-0.2, -0.15) is 5.10 Å². The fourth-order valence-corrected chi connectivity index (χ4v) is 11.0. The van der Waals surface area contributed by atoms with Gasteiger partial charge in [0.05, 0.1) is 27.6 Å². The number of pyridine rings is 1. The highest BCUT2D eigenvalue weighted by atomic mass is 32.2. The van der Waals surface area contributed by atoms with Gasteiger partial charge in [0.1, 0.15) is 11.4 Å². The lowest BCUT2D eigenvalue weighted by Crippen LogP contribution is -2.47. The first kappa shape index (κ1) is 48.7. The number of aromatic nitrogens is 2. The van der Waals surface area contributed by atoms with Gasteiger partial charge in [0.2, 0.25) is 0 Å². The summed E-state index contributed by atoms with van der Waals surface area (Å²) in [7, 11) is -4.57. The molecule has 17 heteroatoms. The Balaban J connectivity index is 0.974. The van der Waals surface area contributed by atoms with Crippen LogP contribution in [-0.4, -0.2) is 107 Å². The number of nitro benzene ring substituents is 1. The number of likely N-dealkylation sites (N-methyl/N-ethyl adjacent to an activating group) is 1. The maximum absolute atomic E-state index is 13.8. The van der Waals surface area contributed by atoms with Gasteiger partial charge in [0.25, 0.3) is 21.6 Å². The van der Waals surface area contributed by atoms with Gasteiger partial charge in [-0.3, -0.25) is 14.9 Å². The fourth-order valence-electron chi connectivity index (χ4n) is 8.97. The molecule has 0 saturated carbocycles. The van der Waals surface area contributed by atoms with E-state index in [-0.39, 0.29) is 23.0 Å². The van der Waals surface area contributed by atoms with Crippen molar-refractivity contribution in [1.29, 1.82) is 0 Å². The number of thioether (sulfide) groups is 1. The van der Waals surface area contributed by atoms with Crippen LogP contribution in [0.2, 0.25) is 0 Å². The van der Waals surface area contributed by atoms with Gasteiger partial charge >= 0.3 is 5.97 Å². The molecular formula is C52H55N7O8S2. The number of nitro groups is 1. The van der Waals surface area contributed by atoms with Crippen molar-refractivity contribution in [1.82, 2.24) is 24.1 Å². The molecule has 0 bridgehead atoms. The highest BCUT2D eigenvalue weighted by Crippen LogP contribution is 2.33. The number of benzene rings is 5. The first-order valence-electron chi connectivity index (χ1n) is 23.0. The molecule has 1 aliphatic rings. The Morgan fingerprint density at radius 3 is 2.30 bits per heavy atom. The van der Waals surface area contributed by atoms with E-state index in [1.807, 2.05) is 91.0 Å². The average Bonchev–Trinajstić information content (AvgIpc) is 3.73. The summed E-state index contributed by atoms with van der Waals surface area (Å²) in [5.74, 6) is -0.717. The number of amides is 1. The molecule has 1 amide bonds. The van der Waals surface area contributed by atoms with Gasteiger partial charge in [0, 0.05) is 77.6 Å². The Kier molecular flexibility index (Phi) is 15.3. The Morgan fingerprint density at radius 1 is 0.884 bits per heavy atom. The normalized spacial score (nSPS) is 13.9. The van der Waals surface area contributed by atoms with Gasteiger partial charge < -0.3 is 25.0 Å². The molecule has 7 aromatic rings. The van der Waals surface area contributed by atoms with Crippen LogP contribution in [0, 0.1) is 24.0 Å². The first-order valence-corrected chi connectivity index (χ1v) is 25.5.